The molecule has 1 aromatic carbocycles. The summed E-state index contributed by atoms with van der Waals surface area (Å²) in [6.07, 6.45) is 1.77. The average molecular weight is 267 g/mol. The number of nitrogens with zero attached hydrogens (tertiary/aromatic N) is 2. The van der Waals surface area contributed by atoms with Crippen molar-refractivity contribution in [2.24, 2.45) is 11.8 Å². The standard InChI is InChI=1S/C16H17N3O/c20-16(19-9-11-7-17-8-12(11)10-19)14-3-1-5-15-13(14)4-2-6-18-15/h1-6,11-12,17H,7-10H2. The zero-order valence-electron chi connectivity index (χ0n) is 11.2. The molecule has 2 saturated heterocycles. The molecule has 1 amide bonds. The lowest BCUT2D eigenvalue weighted by Crippen LogP contribution is -2.32. The third kappa shape index (κ3) is 1.79. The van der Waals surface area contributed by atoms with Crippen LogP contribution in [0.3, 0.4) is 0 Å². The van der Waals surface area contributed by atoms with Gasteiger partial charge in [-0.1, -0.05) is 12.1 Å². The number of likely N-dealkylation sites (tertiary alicyclic amines) is 1. The van der Waals surface area contributed by atoms with Crippen molar-refractivity contribution in [1.82, 2.24) is 15.2 Å². The van der Waals surface area contributed by atoms with Gasteiger partial charge < -0.3 is 10.2 Å². The number of hydrogen-bond acceptors (Lipinski definition) is 3. The molecule has 0 saturated carbocycles. The number of fused-ring (bicyclic) bond motifs is 2. The van der Waals surface area contributed by atoms with Crippen LogP contribution in [0.1, 0.15) is 10.4 Å². The molecule has 20 heavy (non-hydrogen) atoms. The maximum absolute atomic E-state index is 12.8. The van der Waals surface area contributed by atoms with Gasteiger partial charge in [0.05, 0.1) is 5.52 Å². The minimum absolute atomic E-state index is 0.151. The SMILES string of the molecule is O=C(c1cccc2ncccc12)N1CC2CNCC2C1. The van der Waals surface area contributed by atoms with Crippen molar-refractivity contribution in [2.45, 2.75) is 0 Å². The number of amides is 1. The summed E-state index contributed by atoms with van der Waals surface area (Å²) < 4.78 is 0. The Morgan fingerprint density at radius 3 is 2.75 bits per heavy atom. The van der Waals surface area contributed by atoms with E-state index < -0.39 is 0 Å². The van der Waals surface area contributed by atoms with Gasteiger partial charge in [0.15, 0.2) is 0 Å². The summed E-state index contributed by atoms with van der Waals surface area (Å²) in [4.78, 5) is 19.1. The van der Waals surface area contributed by atoms with E-state index in [0.29, 0.717) is 11.8 Å². The Morgan fingerprint density at radius 1 is 1.15 bits per heavy atom. The number of benzene rings is 1. The molecular formula is C16H17N3O. The molecule has 4 rings (SSSR count). The lowest BCUT2D eigenvalue weighted by molar-refractivity contribution is 0.0783. The van der Waals surface area contributed by atoms with E-state index in [9.17, 15) is 4.79 Å². The van der Waals surface area contributed by atoms with E-state index in [4.69, 9.17) is 0 Å². The molecule has 2 atom stereocenters. The Hall–Kier alpha value is -1.94. The number of carbonyl (C=O) groups excluding carboxylic acids is 1. The highest BCUT2D eigenvalue weighted by atomic mass is 16.2. The van der Waals surface area contributed by atoms with Gasteiger partial charge in [-0.15, -0.1) is 0 Å². The van der Waals surface area contributed by atoms with Crippen LogP contribution in [0.4, 0.5) is 0 Å². The zero-order valence-corrected chi connectivity index (χ0v) is 11.2. The molecule has 2 aliphatic rings. The van der Waals surface area contributed by atoms with Crippen molar-refractivity contribution in [1.29, 1.82) is 0 Å². The van der Waals surface area contributed by atoms with E-state index in [1.807, 2.05) is 35.2 Å². The van der Waals surface area contributed by atoms with Gasteiger partial charge in [-0.05, 0) is 30.0 Å². The number of rotatable bonds is 1. The fourth-order valence-corrected chi connectivity index (χ4v) is 3.48. The Kier molecular flexibility index (Phi) is 2.70. The molecule has 1 N–H and O–H groups in total. The molecule has 0 bridgehead atoms. The molecule has 1 aromatic heterocycles. The minimum atomic E-state index is 0.151. The first kappa shape index (κ1) is 11.9. The molecule has 102 valence electrons. The van der Waals surface area contributed by atoms with Crippen molar-refractivity contribution in [3.05, 3.63) is 42.1 Å². The second kappa shape index (κ2) is 4.56. The molecule has 4 nitrogen and oxygen atoms in total. The minimum Gasteiger partial charge on any atom is -0.338 e. The van der Waals surface area contributed by atoms with E-state index >= 15 is 0 Å². The van der Waals surface area contributed by atoms with Crippen LogP contribution in [-0.4, -0.2) is 42.0 Å². The average Bonchev–Trinajstić information content (AvgIpc) is 3.07. The molecule has 0 radical (unpaired) electrons. The van der Waals surface area contributed by atoms with Gasteiger partial charge in [0.2, 0.25) is 0 Å². The van der Waals surface area contributed by atoms with Crippen molar-refractivity contribution in [2.75, 3.05) is 26.2 Å². The van der Waals surface area contributed by atoms with Crippen LogP contribution < -0.4 is 5.32 Å². The number of pyridine rings is 1. The summed E-state index contributed by atoms with van der Waals surface area (Å²) in [5, 5.41) is 4.36. The Labute approximate surface area is 117 Å². The zero-order chi connectivity index (χ0) is 13.5. The predicted molar refractivity (Wildman–Crippen MR) is 77.5 cm³/mol. The molecule has 2 fully saturated rings. The van der Waals surface area contributed by atoms with Gasteiger partial charge in [-0.2, -0.15) is 0 Å². The van der Waals surface area contributed by atoms with Crippen molar-refractivity contribution in [3.63, 3.8) is 0 Å². The predicted octanol–water partition coefficient (Wildman–Crippen LogP) is 1.53. The van der Waals surface area contributed by atoms with Gasteiger partial charge in [0, 0.05) is 43.3 Å². The molecule has 2 unspecified atom stereocenters. The Bertz CT molecular complexity index is 652. The Morgan fingerprint density at radius 2 is 1.95 bits per heavy atom. The van der Waals surface area contributed by atoms with Crippen molar-refractivity contribution >= 4 is 16.8 Å². The number of hydrogen-bond donors (Lipinski definition) is 1. The van der Waals surface area contributed by atoms with Gasteiger partial charge in [0.25, 0.3) is 5.91 Å². The summed E-state index contributed by atoms with van der Waals surface area (Å²) in [6.45, 7) is 3.86. The van der Waals surface area contributed by atoms with Crippen LogP contribution in [0.5, 0.6) is 0 Å². The normalized spacial score (nSPS) is 25.1. The molecule has 3 heterocycles. The highest BCUT2D eigenvalue weighted by Gasteiger charge is 2.38. The molecule has 0 aliphatic carbocycles. The van der Waals surface area contributed by atoms with Gasteiger partial charge >= 0.3 is 0 Å². The summed E-state index contributed by atoms with van der Waals surface area (Å²) in [7, 11) is 0. The number of nitrogens with one attached hydrogen (secondary N) is 1. The lowest BCUT2D eigenvalue weighted by Gasteiger charge is -2.18. The highest BCUT2D eigenvalue weighted by molar-refractivity contribution is 6.06. The first-order chi connectivity index (χ1) is 9.83. The van der Waals surface area contributed by atoms with Crippen LogP contribution in [0.15, 0.2) is 36.5 Å². The van der Waals surface area contributed by atoms with Crippen molar-refractivity contribution < 1.29 is 4.79 Å². The van der Waals surface area contributed by atoms with E-state index in [-0.39, 0.29) is 5.91 Å². The monoisotopic (exact) mass is 267 g/mol. The second-order valence-electron chi connectivity index (χ2n) is 5.76. The molecular weight excluding hydrogens is 250 g/mol. The largest absolute Gasteiger partial charge is 0.338 e. The van der Waals surface area contributed by atoms with E-state index in [0.717, 1.165) is 42.6 Å². The highest BCUT2D eigenvalue weighted by Crippen LogP contribution is 2.28. The first-order valence-corrected chi connectivity index (χ1v) is 7.16. The van der Waals surface area contributed by atoms with Gasteiger partial charge in [-0.3, -0.25) is 9.78 Å². The third-order valence-corrected chi connectivity index (χ3v) is 4.55. The Balaban J connectivity index is 1.68. The van der Waals surface area contributed by atoms with E-state index in [2.05, 4.69) is 10.3 Å². The van der Waals surface area contributed by atoms with Crippen LogP contribution in [0, 0.1) is 11.8 Å². The summed E-state index contributed by atoms with van der Waals surface area (Å²) >= 11 is 0. The maximum Gasteiger partial charge on any atom is 0.254 e. The summed E-state index contributed by atoms with van der Waals surface area (Å²) in [5.41, 5.74) is 1.67. The smallest absolute Gasteiger partial charge is 0.254 e. The van der Waals surface area contributed by atoms with Crippen LogP contribution in [0.2, 0.25) is 0 Å². The topological polar surface area (TPSA) is 45.2 Å². The van der Waals surface area contributed by atoms with E-state index in [1.54, 1.807) is 6.20 Å². The summed E-state index contributed by atoms with van der Waals surface area (Å²) in [5.74, 6) is 1.41. The van der Waals surface area contributed by atoms with Gasteiger partial charge in [0.1, 0.15) is 0 Å². The molecule has 2 aliphatic heterocycles. The maximum atomic E-state index is 12.8. The molecule has 4 heteroatoms. The van der Waals surface area contributed by atoms with Crippen LogP contribution in [-0.2, 0) is 0 Å². The first-order valence-electron chi connectivity index (χ1n) is 7.16. The molecule has 2 aromatic rings. The molecule has 0 spiro atoms. The number of aromatic nitrogens is 1. The quantitative estimate of drug-likeness (QED) is 0.852. The lowest BCUT2D eigenvalue weighted by atomic mass is 10.0. The van der Waals surface area contributed by atoms with Crippen LogP contribution in [0.25, 0.3) is 10.9 Å². The van der Waals surface area contributed by atoms with Crippen molar-refractivity contribution in [3.8, 4) is 0 Å². The van der Waals surface area contributed by atoms with E-state index in [1.165, 1.54) is 0 Å². The van der Waals surface area contributed by atoms with Crippen LogP contribution >= 0.6 is 0 Å². The van der Waals surface area contributed by atoms with Gasteiger partial charge in [-0.25, -0.2) is 0 Å². The fourth-order valence-electron chi connectivity index (χ4n) is 3.48. The number of carbonyl (C=O) groups is 1. The third-order valence-electron chi connectivity index (χ3n) is 4.55. The summed E-state index contributed by atoms with van der Waals surface area (Å²) in [6, 6.07) is 9.66. The fraction of sp³-hybridized carbons (Fsp3) is 0.375. The second-order valence-corrected chi connectivity index (χ2v) is 5.76.